The van der Waals surface area contributed by atoms with Crippen molar-refractivity contribution < 1.29 is 28.7 Å². The Kier molecular flexibility index (Phi) is 10.7. The Morgan fingerprint density at radius 1 is 1.16 bits per heavy atom. The first kappa shape index (κ1) is 25.5. The SMILES string of the molecule is NCCCCC(OP(=O)(O)C(NC(=O)CCc1ccccc1)C1CCCCC1)C(=O)O. The molecule has 31 heavy (non-hydrogen) atoms. The second-order valence-electron chi connectivity index (χ2n) is 8.18. The van der Waals surface area contributed by atoms with Crippen LogP contribution >= 0.6 is 7.60 Å². The summed E-state index contributed by atoms with van der Waals surface area (Å²) >= 11 is 0. The summed E-state index contributed by atoms with van der Waals surface area (Å²) in [4.78, 5) is 35.0. The van der Waals surface area contributed by atoms with E-state index in [1.54, 1.807) is 0 Å². The molecule has 3 atom stereocenters. The molecule has 1 saturated carbocycles. The van der Waals surface area contributed by atoms with Crippen LogP contribution < -0.4 is 11.1 Å². The number of nitrogens with two attached hydrogens (primary N) is 1. The molecule has 1 aliphatic carbocycles. The van der Waals surface area contributed by atoms with Crippen molar-refractivity contribution in [1.29, 1.82) is 0 Å². The fourth-order valence-electron chi connectivity index (χ4n) is 4.00. The van der Waals surface area contributed by atoms with Gasteiger partial charge in [0.05, 0.1) is 0 Å². The highest BCUT2D eigenvalue weighted by molar-refractivity contribution is 7.53. The van der Waals surface area contributed by atoms with E-state index in [1.807, 2.05) is 30.3 Å². The fourth-order valence-corrected chi connectivity index (χ4v) is 5.83. The van der Waals surface area contributed by atoms with Gasteiger partial charge in [-0.1, -0.05) is 49.6 Å². The van der Waals surface area contributed by atoms with Crippen molar-refractivity contribution in [3.63, 3.8) is 0 Å². The Morgan fingerprint density at radius 3 is 2.45 bits per heavy atom. The summed E-state index contributed by atoms with van der Waals surface area (Å²) in [6.07, 6.45) is 4.69. The first-order chi connectivity index (χ1) is 14.8. The van der Waals surface area contributed by atoms with Gasteiger partial charge < -0.3 is 21.1 Å². The molecule has 9 heteroatoms. The number of aryl methyl sites for hydroxylation is 1. The van der Waals surface area contributed by atoms with Crippen LogP contribution in [-0.2, 0) is 25.1 Å². The maximum atomic E-state index is 13.2. The molecule has 5 N–H and O–H groups in total. The van der Waals surface area contributed by atoms with E-state index in [9.17, 15) is 24.2 Å². The van der Waals surface area contributed by atoms with E-state index < -0.39 is 25.5 Å². The molecule has 0 aliphatic heterocycles. The number of rotatable bonds is 13. The number of nitrogens with one attached hydrogen (secondary N) is 1. The van der Waals surface area contributed by atoms with E-state index >= 15 is 0 Å². The van der Waals surface area contributed by atoms with Crippen LogP contribution in [0.1, 0.15) is 63.4 Å². The Bertz CT molecular complexity index is 739. The van der Waals surface area contributed by atoms with Gasteiger partial charge in [-0.15, -0.1) is 0 Å². The molecule has 1 fully saturated rings. The molecule has 2 rings (SSSR count). The summed E-state index contributed by atoms with van der Waals surface area (Å²) in [6, 6.07) is 9.53. The number of benzene rings is 1. The number of hydrogen-bond acceptors (Lipinski definition) is 5. The lowest BCUT2D eigenvalue weighted by molar-refractivity contribution is -0.145. The number of carbonyl (C=O) groups is 2. The van der Waals surface area contributed by atoms with Gasteiger partial charge in [-0.05, 0) is 56.6 Å². The zero-order valence-corrected chi connectivity index (χ0v) is 18.8. The standard InChI is InChI=1S/C22H35N2O6P/c23-16-8-7-13-19(22(26)27)30-31(28,29)21(18-11-5-2-6-12-18)24-20(25)15-14-17-9-3-1-4-10-17/h1,3-4,9-10,18-19,21H,2,5-8,11-16,23H2,(H,24,25)(H,26,27)(H,28,29). The summed E-state index contributed by atoms with van der Waals surface area (Å²) in [5, 5.41) is 12.2. The lowest BCUT2D eigenvalue weighted by atomic mass is 9.89. The molecule has 174 valence electrons. The molecule has 0 bridgehead atoms. The molecule has 8 nitrogen and oxygen atoms in total. The lowest BCUT2D eigenvalue weighted by Crippen LogP contribution is -2.42. The predicted molar refractivity (Wildman–Crippen MR) is 119 cm³/mol. The fraction of sp³-hybridized carbons (Fsp3) is 0.636. The molecular formula is C22H35N2O6P. The third-order valence-corrected chi connectivity index (χ3v) is 7.52. The van der Waals surface area contributed by atoms with Gasteiger partial charge in [-0.3, -0.25) is 13.9 Å². The van der Waals surface area contributed by atoms with E-state index in [-0.39, 0.29) is 24.7 Å². The van der Waals surface area contributed by atoms with Gasteiger partial charge in [0.15, 0.2) is 6.10 Å². The van der Waals surface area contributed by atoms with Gasteiger partial charge in [0.1, 0.15) is 5.78 Å². The van der Waals surface area contributed by atoms with Crippen molar-refractivity contribution in [2.45, 2.75) is 76.1 Å². The highest BCUT2D eigenvalue weighted by Gasteiger charge is 2.43. The Balaban J connectivity index is 2.08. The lowest BCUT2D eigenvalue weighted by Gasteiger charge is -2.34. The maximum Gasteiger partial charge on any atom is 0.351 e. The minimum absolute atomic E-state index is 0.0937. The molecule has 0 aromatic heterocycles. The first-order valence-corrected chi connectivity index (χ1v) is 12.7. The molecule has 1 aliphatic rings. The number of hydrogen-bond donors (Lipinski definition) is 4. The number of unbranched alkanes of at least 4 members (excludes halogenated alkanes) is 1. The Morgan fingerprint density at radius 2 is 1.84 bits per heavy atom. The van der Waals surface area contributed by atoms with Gasteiger partial charge in [-0.2, -0.15) is 0 Å². The quantitative estimate of drug-likeness (QED) is 0.264. The van der Waals surface area contributed by atoms with Gasteiger partial charge in [-0.25, -0.2) is 4.79 Å². The number of carboxylic acid groups (broad SMARTS) is 1. The van der Waals surface area contributed by atoms with E-state index in [0.717, 1.165) is 24.8 Å². The van der Waals surface area contributed by atoms with E-state index in [4.69, 9.17) is 10.3 Å². The molecule has 0 saturated heterocycles. The molecule has 0 radical (unpaired) electrons. The second kappa shape index (κ2) is 13.0. The van der Waals surface area contributed by atoms with Crippen LogP contribution in [0.4, 0.5) is 0 Å². The molecular weight excluding hydrogens is 419 g/mol. The van der Waals surface area contributed by atoms with E-state index in [0.29, 0.717) is 38.6 Å². The first-order valence-electron chi connectivity index (χ1n) is 11.1. The molecule has 0 spiro atoms. The summed E-state index contributed by atoms with van der Waals surface area (Å²) < 4.78 is 18.5. The third kappa shape index (κ3) is 8.73. The van der Waals surface area contributed by atoms with Crippen molar-refractivity contribution in [2.24, 2.45) is 11.7 Å². The number of aliphatic carboxylic acids is 1. The molecule has 3 unspecified atom stereocenters. The number of carboxylic acids is 1. The normalized spacial score (nSPS) is 18.6. The average Bonchev–Trinajstić information content (AvgIpc) is 2.76. The third-order valence-electron chi connectivity index (χ3n) is 5.71. The summed E-state index contributed by atoms with van der Waals surface area (Å²) in [5.74, 6) is -2.95. The van der Waals surface area contributed by atoms with Crippen molar-refractivity contribution >= 4 is 19.5 Å². The molecule has 1 amide bonds. The summed E-state index contributed by atoms with van der Waals surface area (Å²) in [6.45, 7) is 0.408. The van der Waals surface area contributed by atoms with E-state index in [2.05, 4.69) is 5.32 Å². The zero-order valence-electron chi connectivity index (χ0n) is 17.9. The van der Waals surface area contributed by atoms with Crippen LogP contribution in [0.3, 0.4) is 0 Å². The smallest absolute Gasteiger partial charge is 0.351 e. The highest BCUT2D eigenvalue weighted by Crippen LogP contribution is 2.53. The van der Waals surface area contributed by atoms with Crippen LogP contribution in [0.2, 0.25) is 0 Å². The van der Waals surface area contributed by atoms with Crippen molar-refractivity contribution in [3.05, 3.63) is 35.9 Å². The van der Waals surface area contributed by atoms with Crippen LogP contribution in [0.15, 0.2) is 30.3 Å². The van der Waals surface area contributed by atoms with Gasteiger partial charge in [0.2, 0.25) is 5.91 Å². The van der Waals surface area contributed by atoms with Crippen molar-refractivity contribution in [2.75, 3.05) is 6.54 Å². The monoisotopic (exact) mass is 454 g/mol. The van der Waals surface area contributed by atoms with Crippen LogP contribution in [-0.4, -0.2) is 40.3 Å². The minimum Gasteiger partial charge on any atom is -0.479 e. The highest BCUT2D eigenvalue weighted by atomic mass is 31.2. The Hall–Kier alpha value is -1.73. The minimum atomic E-state index is -4.42. The zero-order chi connectivity index (χ0) is 22.7. The summed E-state index contributed by atoms with van der Waals surface area (Å²) in [5.41, 5.74) is 6.45. The maximum absolute atomic E-state index is 13.2. The Labute approximate surface area is 184 Å². The van der Waals surface area contributed by atoms with Crippen LogP contribution in [0.5, 0.6) is 0 Å². The summed E-state index contributed by atoms with van der Waals surface area (Å²) in [7, 11) is -4.42. The van der Waals surface area contributed by atoms with Crippen molar-refractivity contribution in [3.8, 4) is 0 Å². The predicted octanol–water partition coefficient (Wildman–Crippen LogP) is 3.43. The number of amides is 1. The molecule has 1 aromatic carbocycles. The van der Waals surface area contributed by atoms with Crippen LogP contribution in [0, 0.1) is 5.92 Å². The van der Waals surface area contributed by atoms with Crippen LogP contribution in [0.25, 0.3) is 0 Å². The molecule has 0 heterocycles. The van der Waals surface area contributed by atoms with Gasteiger partial charge >= 0.3 is 13.6 Å². The number of carbonyl (C=O) groups excluding carboxylic acids is 1. The van der Waals surface area contributed by atoms with Crippen molar-refractivity contribution in [1.82, 2.24) is 5.32 Å². The van der Waals surface area contributed by atoms with Gasteiger partial charge in [0.25, 0.3) is 0 Å². The average molecular weight is 455 g/mol. The second-order valence-corrected chi connectivity index (χ2v) is 10.1. The largest absolute Gasteiger partial charge is 0.479 e. The molecule has 1 aromatic rings. The topological polar surface area (TPSA) is 139 Å². The van der Waals surface area contributed by atoms with E-state index in [1.165, 1.54) is 0 Å². The van der Waals surface area contributed by atoms with Gasteiger partial charge in [0, 0.05) is 6.42 Å².